The van der Waals surface area contributed by atoms with E-state index in [1.165, 1.54) is 17.2 Å². The molecule has 6 heteroatoms. The number of hydrogen-bond donors (Lipinski definition) is 2. The van der Waals surface area contributed by atoms with Crippen LogP contribution in [0.4, 0.5) is 0 Å². The number of carbonyl (C=O) groups excluding carboxylic acids is 1. The largest absolute Gasteiger partial charge is 0.349 e. The van der Waals surface area contributed by atoms with Crippen molar-refractivity contribution in [3.05, 3.63) is 63.3 Å². The highest BCUT2D eigenvalue weighted by molar-refractivity contribution is 5.81. The highest BCUT2D eigenvalue weighted by atomic mass is 16.2. The summed E-state index contributed by atoms with van der Waals surface area (Å²) in [7, 11) is 0. The molecular weight excluding hydrogens is 304 g/mol. The second kappa shape index (κ2) is 6.97. The van der Waals surface area contributed by atoms with Crippen LogP contribution in [-0.4, -0.2) is 33.4 Å². The minimum atomic E-state index is -0.221. The van der Waals surface area contributed by atoms with Crippen LogP contribution in [0.25, 0.3) is 0 Å². The van der Waals surface area contributed by atoms with Crippen molar-refractivity contribution >= 4 is 5.91 Å². The predicted octanol–water partition coefficient (Wildman–Crippen LogP) is 1.14. The number of fused-ring (bicyclic) bond motifs is 1. The first kappa shape index (κ1) is 16.4. The number of amides is 1. The van der Waals surface area contributed by atoms with Gasteiger partial charge in [0.25, 0.3) is 5.56 Å². The van der Waals surface area contributed by atoms with E-state index in [0.717, 1.165) is 19.5 Å². The van der Waals surface area contributed by atoms with Gasteiger partial charge in [0, 0.05) is 19.2 Å². The maximum atomic E-state index is 12.4. The van der Waals surface area contributed by atoms with E-state index in [1.54, 1.807) is 6.92 Å². The van der Waals surface area contributed by atoms with E-state index in [4.69, 9.17) is 0 Å². The zero-order valence-corrected chi connectivity index (χ0v) is 14.0. The summed E-state index contributed by atoms with van der Waals surface area (Å²) in [4.78, 5) is 32.9. The van der Waals surface area contributed by atoms with E-state index in [1.807, 2.05) is 13.0 Å². The lowest BCUT2D eigenvalue weighted by Gasteiger charge is -2.32. The highest BCUT2D eigenvalue weighted by Gasteiger charge is 2.25. The molecule has 1 aromatic carbocycles. The lowest BCUT2D eigenvalue weighted by molar-refractivity contribution is -0.126. The standard InChI is InChI=1S/C18H22N4O2/c1-12(22-8-7-14-5-3-4-6-15(14)11-22)18(24)19-10-16-9-17(23)21-13(2)20-16/h3-6,9,12H,7-8,10-11H2,1-2H3,(H,19,24)(H,20,21,23)/t12-/m0/s1. The van der Waals surface area contributed by atoms with Gasteiger partial charge in [-0.2, -0.15) is 0 Å². The minimum Gasteiger partial charge on any atom is -0.349 e. The fraction of sp³-hybridized carbons (Fsp3) is 0.389. The number of nitrogens with zero attached hydrogens (tertiary/aromatic N) is 2. The summed E-state index contributed by atoms with van der Waals surface area (Å²) in [5, 5.41) is 2.88. The van der Waals surface area contributed by atoms with Gasteiger partial charge < -0.3 is 10.3 Å². The first-order chi connectivity index (χ1) is 11.5. The average Bonchev–Trinajstić information content (AvgIpc) is 2.57. The van der Waals surface area contributed by atoms with Crippen LogP contribution in [0.3, 0.4) is 0 Å². The van der Waals surface area contributed by atoms with E-state index in [-0.39, 0.29) is 24.1 Å². The molecule has 0 bridgehead atoms. The van der Waals surface area contributed by atoms with Crippen LogP contribution in [0.5, 0.6) is 0 Å². The number of aryl methyl sites for hydroxylation is 1. The van der Waals surface area contributed by atoms with Crippen LogP contribution in [0.15, 0.2) is 35.1 Å². The van der Waals surface area contributed by atoms with Gasteiger partial charge in [0.2, 0.25) is 5.91 Å². The maximum absolute atomic E-state index is 12.4. The topological polar surface area (TPSA) is 78.1 Å². The Bertz CT molecular complexity index is 800. The Morgan fingerprint density at radius 3 is 2.88 bits per heavy atom. The summed E-state index contributed by atoms with van der Waals surface area (Å²) < 4.78 is 0. The van der Waals surface area contributed by atoms with Crippen molar-refractivity contribution in [3.63, 3.8) is 0 Å². The van der Waals surface area contributed by atoms with Gasteiger partial charge in [-0.05, 0) is 31.4 Å². The molecule has 2 N–H and O–H groups in total. The van der Waals surface area contributed by atoms with Crippen LogP contribution >= 0.6 is 0 Å². The number of benzene rings is 1. The number of aromatic amines is 1. The summed E-state index contributed by atoms with van der Waals surface area (Å²) in [6.45, 7) is 5.56. The number of nitrogens with one attached hydrogen (secondary N) is 2. The van der Waals surface area contributed by atoms with E-state index >= 15 is 0 Å². The Labute approximate surface area is 140 Å². The Balaban J connectivity index is 1.60. The average molecular weight is 326 g/mol. The molecule has 0 saturated heterocycles. The quantitative estimate of drug-likeness (QED) is 0.883. The molecule has 0 saturated carbocycles. The van der Waals surface area contributed by atoms with E-state index < -0.39 is 0 Å². The van der Waals surface area contributed by atoms with Crippen molar-refractivity contribution in [1.29, 1.82) is 0 Å². The first-order valence-corrected chi connectivity index (χ1v) is 8.18. The van der Waals surface area contributed by atoms with Gasteiger partial charge >= 0.3 is 0 Å². The summed E-state index contributed by atoms with van der Waals surface area (Å²) in [6, 6.07) is 9.55. The molecule has 0 radical (unpaired) electrons. The van der Waals surface area contributed by atoms with E-state index in [0.29, 0.717) is 11.5 Å². The molecule has 1 aromatic heterocycles. The van der Waals surface area contributed by atoms with Gasteiger partial charge in [0.1, 0.15) is 5.82 Å². The number of aromatic nitrogens is 2. The van der Waals surface area contributed by atoms with Gasteiger partial charge in [-0.1, -0.05) is 24.3 Å². The Morgan fingerprint density at radius 1 is 1.38 bits per heavy atom. The van der Waals surface area contributed by atoms with Gasteiger partial charge in [-0.3, -0.25) is 14.5 Å². The SMILES string of the molecule is Cc1nc(CNC(=O)[C@H](C)N2CCc3ccccc3C2)cc(=O)[nH]1. The molecule has 0 spiro atoms. The molecule has 6 nitrogen and oxygen atoms in total. The molecule has 0 unspecified atom stereocenters. The molecule has 0 fully saturated rings. The van der Waals surface area contributed by atoms with Gasteiger partial charge in [0.05, 0.1) is 18.3 Å². The fourth-order valence-corrected chi connectivity index (χ4v) is 3.07. The number of hydrogen-bond acceptors (Lipinski definition) is 4. The van der Waals surface area contributed by atoms with Gasteiger partial charge in [0.15, 0.2) is 0 Å². The zero-order valence-electron chi connectivity index (χ0n) is 14.0. The number of rotatable bonds is 4. The normalized spacial score (nSPS) is 15.6. The van der Waals surface area contributed by atoms with Crippen molar-refractivity contribution in [2.75, 3.05) is 6.54 Å². The Morgan fingerprint density at radius 2 is 2.12 bits per heavy atom. The molecular formula is C18H22N4O2. The van der Waals surface area contributed by atoms with E-state index in [9.17, 15) is 9.59 Å². The maximum Gasteiger partial charge on any atom is 0.251 e. The molecule has 24 heavy (non-hydrogen) atoms. The second-order valence-electron chi connectivity index (χ2n) is 6.21. The van der Waals surface area contributed by atoms with Crippen molar-refractivity contribution in [2.45, 2.75) is 39.4 Å². The first-order valence-electron chi connectivity index (χ1n) is 8.18. The van der Waals surface area contributed by atoms with Gasteiger partial charge in [-0.15, -0.1) is 0 Å². The van der Waals surface area contributed by atoms with Gasteiger partial charge in [-0.25, -0.2) is 4.98 Å². The lowest BCUT2D eigenvalue weighted by Crippen LogP contribution is -2.46. The monoisotopic (exact) mass is 326 g/mol. The third kappa shape index (κ3) is 3.71. The Hall–Kier alpha value is -2.47. The van der Waals surface area contributed by atoms with Crippen molar-refractivity contribution in [1.82, 2.24) is 20.2 Å². The summed E-state index contributed by atoms with van der Waals surface area (Å²) in [5.74, 6) is 0.501. The molecule has 0 aliphatic carbocycles. The molecule has 1 amide bonds. The smallest absolute Gasteiger partial charge is 0.251 e. The van der Waals surface area contributed by atoms with Crippen molar-refractivity contribution < 1.29 is 4.79 Å². The molecule has 126 valence electrons. The fourth-order valence-electron chi connectivity index (χ4n) is 3.07. The predicted molar refractivity (Wildman–Crippen MR) is 91.5 cm³/mol. The van der Waals surface area contributed by atoms with Crippen molar-refractivity contribution in [3.8, 4) is 0 Å². The molecule has 1 atom stereocenters. The van der Waals surface area contributed by atoms with E-state index in [2.05, 4.69) is 38.4 Å². The molecule has 3 rings (SSSR count). The number of carbonyl (C=O) groups is 1. The van der Waals surface area contributed by atoms with Crippen molar-refractivity contribution in [2.24, 2.45) is 0 Å². The van der Waals surface area contributed by atoms with Crippen LogP contribution in [0.1, 0.15) is 29.6 Å². The lowest BCUT2D eigenvalue weighted by atomic mass is 9.99. The highest BCUT2D eigenvalue weighted by Crippen LogP contribution is 2.20. The Kier molecular flexibility index (Phi) is 4.76. The third-order valence-corrected chi connectivity index (χ3v) is 4.44. The summed E-state index contributed by atoms with van der Waals surface area (Å²) in [6.07, 6.45) is 0.961. The van der Waals surface area contributed by atoms with Crippen LogP contribution in [-0.2, 0) is 24.3 Å². The summed E-state index contributed by atoms with van der Waals surface area (Å²) >= 11 is 0. The van der Waals surface area contributed by atoms with Crippen LogP contribution in [0.2, 0.25) is 0 Å². The molecule has 1 aliphatic heterocycles. The molecule has 2 aromatic rings. The molecule has 1 aliphatic rings. The zero-order chi connectivity index (χ0) is 17.1. The van der Waals surface area contributed by atoms with Crippen LogP contribution < -0.4 is 10.9 Å². The minimum absolute atomic E-state index is 0.0471. The number of H-pyrrole nitrogens is 1. The second-order valence-corrected chi connectivity index (χ2v) is 6.21. The summed E-state index contributed by atoms with van der Waals surface area (Å²) in [5.41, 5.74) is 3.02. The van der Waals surface area contributed by atoms with Crippen LogP contribution in [0, 0.1) is 6.92 Å². The third-order valence-electron chi connectivity index (χ3n) is 4.44. The molecule has 2 heterocycles.